The van der Waals surface area contributed by atoms with Gasteiger partial charge in [0.1, 0.15) is 0 Å². The van der Waals surface area contributed by atoms with Gasteiger partial charge in [-0.25, -0.2) is 0 Å². The number of hydrogen-bond donors (Lipinski definition) is 1. The molecule has 0 saturated heterocycles. The van der Waals surface area contributed by atoms with E-state index in [1.807, 2.05) is 48.2 Å². The van der Waals surface area contributed by atoms with E-state index in [2.05, 4.69) is 182 Å². The van der Waals surface area contributed by atoms with E-state index in [1.165, 1.54) is 48.6 Å². The molecule has 1 N–H and O–H groups in total. The summed E-state index contributed by atoms with van der Waals surface area (Å²) in [7, 11) is -3.23. The summed E-state index contributed by atoms with van der Waals surface area (Å²) in [6.07, 6.45) is 0. The summed E-state index contributed by atoms with van der Waals surface area (Å²) < 4.78 is 0. The molecule has 60 heavy (non-hydrogen) atoms. The van der Waals surface area contributed by atoms with Gasteiger partial charge in [0.25, 0.3) is 0 Å². The molecule has 0 bridgehead atoms. The third-order valence-electron chi connectivity index (χ3n) is 12.8. The van der Waals surface area contributed by atoms with Crippen LogP contribution in [-0.2, 0) is 5.41 Å². The maximum absolute atomic E-state index is 12.6. The van der Waals surface area contributed by atoms with Gasteiger partial charge >= 0.3 is 251 Å². The van der Waals surface area contributed by atoms with Crippen molar-refractivity contribution < 1.29 is 4.89 Å². The predicted octanol–water partition coefficient (Wildman–Crippen LogP) is 12.5. The summed E-state index contributed by atoms with van der Waals surface area (Å²) in [5.41, 5.74) is 12.6. The van der Waals surface area contributed by atoms with Gasteiger partial charge in [0.15, 0.2) is 0 Å². The van der Waals surface area contributed by atoms with Crippen LogP contribution in [0.3, 0.4) is 0 Å². The molecule has 1 aromatic heterocycles. The van der Waals surface area contributed by atoms with Crippen LogP contribution in [0.1, 0.15) is 22.3 Å². The molecule has 12 rings (SSSR count). The minimum atomic E-state index is -3.23. The molecule has 4 heteroatoms. The summed E-state index contributed by atoms with van der Waals surface area (Å²) in [5.74, 6) is 0. The summed E-state index contributed by atoms with van der Waals surface area (Å²) in [6, 6.07) is 78.1. The van der Waals surface area contributed by atoms with Crippen molar-refractivity contribution >= 4 is 56.8 Å². The van der Waals surface area contributed by atoms with Gasteiger partial charge in [-0.2, -0.15) is 0 Å². The Morgan fingerprint density at radius 1 is 0.417 bits per heavy atom. The molecule has 1 spiro atoms. The third-order valence-corrected chi connectivity index (χ3v) is 17.5. The Morgan fingerprint density at radius 3 is 1.58 bits per heavy atom. The van der Waals surface area contributed by atoms with Gasteiger partial charge in [0, 0.05) is 9.79 Å². The number of aromatic nitrogens is 1. The second-order valence-electron chi connectivity index (χ2n) is 15.9. The van der Waals surface area contributed by atoms with Crippen LogP contribution in [0.2, 0.25) is 0 Å². The fourth-order valence-electron chi connectivity index (χ4n) is 10.2. The third kappa shape index (κ3) is 5.07. The second kappa shape index (κ2) is 13.7. The van der Waals surface area contributed by atoms with E-state index in [9.17, 15) is 4.89 Å². The Morgan fingerprint density at radius 2 is 0.933 bits per heavy atom. The molecule has 1 aliphatic heterocycles. The van der Waals surface area contributed by atoms with E-state index in [1.54, 1.807) is 0 Å². The van der Waals surface area contributed by atoms with Gasteiger partial charge in [-0.15, -0.1) is 0 Å². The zero-order valence-corrected chi connectivity index (χ0v) is 34.4. The Labute approximate surface area is 354 Å². The number of pyridine rings is 1. The molecular formula is C56H38NOPS. The van der Waals surface area contributed by atoms with Gasteiger partial charge in [0.2, 0.25) is 0 Å². The topological polar surface area (TPSA) is 33.1 Å². The van der Waals surface area contributed by atoms with Crippen LogP contribution in [0.15, 0.2) is 228 Å². The first-order chi connectivity index (χ1) is 29.6. The fourth-order valence-corrected chi connectivity index (χ4v) is 14.4. The Bertz CT molecular complexity index is 3210. The number of nitrogens with zero attached hydrogens (tertiary/aromatic N) is 1. The van der Waals surface area contributed by atoms with E-state index in [0.717, 1.165) is 54.6 Å². The van der Waals surface area contributed by atoms with Gasteiger partial charge < -0.3 is 0 Å². The van der Waals surface area contributed by atoms with Gasteiger partial charge in [-0.05, 0) is 23.3 Å². The van der Waals surface area contributed by atoms with Crippen molar-refractivity contribution in [2.24, 2.45) is 0 Å². The number of fused-ring (bicyclic) bond motifs is 13. The van der Waals surface area contributed by atoms with Crippen LogP contribution in [-0.4, -0.2) is 9.88 Å². The maximum atomic E-state index is 12.6. The van der Waals surface area contributed by atoms with Crippen molar-refractivity contribution in [3.05, 3.63) is 241 Å². The van der Waals surface area contributed by atoms with Crippen LogP contribution in [0.4, 0.5) is 0 Å². The Hall–Kier alpha value is -6.61. The molecule has 0 unspecified atom stereocenters. The SMILES string of the molecule is O[PH](c1ccccc1)(c1ccccc1)c1ccc(-c2ccc3c(c2)nc(-c2ccccc2)c2ccc4c(c23)-c2ccccc2C42c3ccccc3Sc3ccccc32)cc1. The molecule has 2 heterocycles. The molecule has 0 saturated carbocycles. The number of benzene rings is 9. The summed E-state index contributed by atoms with van der Waals surface area (Å²) in [5, 5.41) is 6.40. The van der Waals surface area contributed by atoms with E-state index >= 15 is 0 Å². The molecule has 0 fully saturated rings. The molecule has 10 aromatic rings. The van der Waals surface area contributed by atoms with Crippen molar-refractivity contribution in [2.45, 2.75) is 15.2 Å². The monoisotopic (exact) mass is 803 g/mol. The number of hydrogen-bond acceptors (Lipinski definition) is 3. The van der Waals surface area contributed by atoms with Gasteiger partial charge in [-0.3, -0.25) is 0 Å². The molecule has 284 valence electrons. The first kappa shape index (κ1) is 35.3. The van der Waals surface area contributed by atoms with E-state index in [-0.39, 0.29) is 0 Å². The fraction of sp³-hybridized carbons (Fsp3) is 0.0179. The van der Waals surface area contributed by atoms with Crippen LogP contribution in [0, 0.1) is 0 Å². The Balaban J connectivity index is 1.10. The molecule has 2 nitrogen and oxygen atoms in total. The van der Waals surface area contributed by atoms with Crippen LogP contribution in [0.5, 0.6) is 0 Å². The molecule has 0 atom stereocenters. The standard InChI is InChI=1S/C56H38NOPS/c58-59(40-18-6-2-7-19-40,41-20-8-3-9-21-41)42-31-28-37(29-32-42)39-30-33-44-50(36-39)57-55(38-16-4-1-5-17-38)45-34-35-49-54(53(44)45)43-22-10-11-23-46(43)56(49)47-24-12-14-26-51(47)60-52-27-15-13-25-48(52)56/h1-36,58-59H. The average Bonchev–Trinajstić information content (AvgIpc) is 3.62. The van der Waals surface area contributed by atoms with Crippen molar-refractivity contribution in [1.29, 1.82) is 0 Å². The minimum absolute atomic E-state index is 0.465. The molecule has 0 amide bonds. The summed E-state index contributed by atoms with van der Waals surface area (Å²) >= 11 is 1.88. The summed E-state index contributed by atoms with van der Waals surface area (Å²) in [6.45, 7) is 0. The first-order valence-electron chi connectivity index (χ1n) is 20.5. The van der Waals surface area contributed by atoms with E-state index in [4.69, 9.17) is 4.98 Å². The van der Waals surface area contributed by atoms with Crippen LogP contribution in [0.25, 0.3) is 55.2 Å². The van der Waals surface area contributed by atoms with E-state index in [0.29, 0.717) is 0 Å². The number of rotatable bonds is 5. The molecule has 9 aromatic carbocycles. The van der Waals surface area contributed by atoms with Crippen molar-refractivity contribution in [3.63, 3.8) is 0 Å². The van der Waals surface area contributed by atoms with Crippen molar-refractivity contribution in [3.8, 4) is 33.5 Å². The zero-order chi connectivity index (χ0) is 39.8. The van der Waals surface area contributed by atoms with Crippen molar-refractivity contribution in [1.82, 2.24) is 4.98 Å². The van der Waals surface area contributed by atoms with Crippen molar-refractivity contribution in [2.75, 3.05) is 0 Å². The Kier molecular flexibility index (Phi) is 8.09. The van der Waals surface area contributed by atoms with E-state index < -0.39 is 12.9 Å². The van der Waals surface area contributed by atoms with Gasteiger partial charge in [-0.1, -0.05) is 72.4 Å². The molecule has 1 aliphatic carbocycles. The first-order valence-corrected chi connectivity index (χ1v) is 23.3. The predicted molar refractivity (Wildman–Crippen MR) is 254 cm³/mol. The zero-order valence-electron chi connectivity index (χ0n) is 32.6. The van der Waals surface area contributed by atoms with Crippen LogP contribution < -0.4 is 15.9 Å². The van der Waals surface area contributed by atoms with Crippen LogP contribution >= 0.6 is 19.3 Å². The average molecular weight is 804 g/mol. The summed E-state index contributed by atoms with van der Waals surface area (Å²) in [4.78, 5) is 20.8. The van der Waals surface area contributed by atoms with Gasteiger partial charge in [0.05, 0.1) is 0 Å². The normalized spacial score (nSPS) is 13.8. The second-order valence-corrected chi connectivity index (χ2v) is 20.1. The molecular weight excluding hydrogens is 766 g/mol. The molecule has 2 aliphatic rings. The quantitative estimate of drug-likeness (QED) is 0.139. The molecule has 0 radical (unpaired) electrons.